The summed E-state index contributed by atoms with van der Waals surface area (Å²) in [5.74, 6) is -1.32. The Kier molecular flexibility index (Phi) is 4.96. The number of rotatable bonds is 3. The van der Waals surface area contributed by atoms with Gasteiger partial charge in [-0.2, -0.15) is 0 Å². The smallest absolute Gasteiger partial charge is 0.253 e. The molecule has 1 saturated heterocycles. The number of piperidine rings is 1. The maximum absolute atomic E-state index is 13.2. The van der Waals surface area contributed by atoms with Gasteiger partial charge < -0.3 is 15.4 Å². The maximum atomic E-state index is 13.2. The van der Waals surface area contributed by atoms with Crippen LogP contribution in [0, 0.1) is 17.0 Å². The molecule has 1 aliphatic heterocycles. The molecule has 1 unspecified atom stereocenters. The van der Waals surface area contributed by atoms with Crippen molar-refractivity contribution in [1.82, 2.24) is 4.90 Å². The summed E-state index contributed by atoms with van der Waals surface area (Å²) in [7, 11) is 0. The van der Waals surface area contributed by atoms with Crippen molar-refractivity contribution in [2.45, 2.75) is 26.3 Å². The second-order valence-electron chi connectivity index (χ2n) is 7.31. The van der Waals surface area contributed by atoms with Gasteiger partial charge in [0.2, 0.25) is 0 Å². The predicted molar refractivity (Wildman–Crippen MR) is 95.2 cm³/mol. The van der Waals surface area contributed by atoms with Gasteiger partial charge in [0.25, 0.3) is 5.91 Å². The lowest BCUT2D eigenvalue weighted by molar-refractivity contribution is 0.0533. The van der Waals surface area contributed by atoms with Crippen LogP contribution in [0.15, 0.2) is 42.5 Å². The summed E-state index contributed by atoms with van der Waals surface area (Å²) in [4.78, 5) is 14.5. The van der Waals surface area contributed by atoms with E-state index in [9.17, 15) is 13.6 Å². The van der Waals surface area contributed by atoms with E-state index < -0.39 is 11.6 Å². The molecular formula is C20H22F2N2O2. The number of nitrogens with zero attached hydrogens (tertiary/aromatic N) is 1. The molecule has 0 aliphatic carbocycles. The van der Waals surface area contributed by atoms with E-state index in [0.717, 1.165) is 18.6 Å². The molecule has 0 bridgehead atoms. The van der Waals surface area contributed by atoms with Crippen LogP contribution in [0.5, 0.6) is 11.5 Å². The molecule has 2 N–H and O–H groups in total. The first-order valence-corrected chi connectivity index (χ1v) is 8.54. The van der Waals surface area contributed by atoms with Crippen molar-refractivity contribution in [3.8, 4) is 11.5 Å². The standard InChI is InChI=1S/C20H22F2N2O2/c1-20(2)12-24(10-9-18(20)23)19(25)13-3-5-14(6-4-13)26-15-7-8-16(21)17(22)11-15/h3-8,11,18H,9-10,12,23H2,1-2H3. The number of hydrogen-bond donors (Lipinski definition) is 1. The minimum Gasteiger partial charge on any atom is -0.457 e. The van der Waals surface area contributed by atoms with Crippen LogP contribution >= 0.6 is 0 Å². The Morgan fingerprint density at radius 1 is 1.12 bits per heavy atom. The second kappa shape index (κ2) is 7.03. The Hall–Kier alpha value is -2.47. The first-order valence-electron chi connectivity index (χ1n) is 8.54. The summed E-state index contributed by atoms with van der Waals surface area (Å²) in [6.45, 7) is 5.38. The Balaban J connectivity index is 1.69. The molecule has 1 fully saturated rings. The van der Waals surface area contributed by atoms with Crippen molar-refractivity contribution < 1.29 is 18.3 Å². The lowest BCUT2D eigenvalue weighted by atomic mass is 9.79. The average molecular weight is 360 g/mol. The van der Waals surface area contributed by atoms with Crippen molar-refractivity contribution in [2.24, 2.45) is 11.1 Å². The number of hydrogen-bond acceptors (Lipinski definition) is 3. The number of carbonyl (C=O) groups excluding carboxylic acids is 1. The first-order chi connectivity index (χ1) is 12.3. The SMILES string of the molecule is CC1(C)CN(C(=O)c2ccc(Oc3ccc(F)c(F)c3)cc2)CCC1N. The number of carbonyl (C=O) groups is 1. The lowest BCUT2D eigenvalue weighted by Gasteiger charge is -2.42. The van der Waals surface area contributed by atoms with Gasteiger partial charge in [-0.1, -0.05) is 13.8 Å². The molecule has 2 aromatic carbocycles. The number of amides is 1. The van der Waals surface area contributed by atoms with Gasteiger partial charge in [-0.15, -0.1) is 0 Å². The maximum Gasteiger partial charge on any atom is 0.253 e. The summed E-state index contributed by atoms with van der Waals surface area (Å²) in [5.41, 5.74) is 6.55. The van der Waals surface area contributed by atoms with E-state index >= 15 is 0 Å². The Morgan fingerprint density at radius 3 is 2.38 bits per heavy atom. The fourth-order valence-electron chi connectivity index (χ4n) is 3.07. The zero-order valence-corrected chi connectivity index (χ0v) is 14.8. The average Bonchev–Trinajstić information content (AvgIpc) is 2.60. The van der Waals surface area contributed by atoms with Crippen LogP contribution < -0.4 is 10.5 Å². The van der Waals surface area contributed by atoms with Gasteiger partial charge in [0, 0.05) is 30.8 Å². The topological polar surface area (TPSA) is 55.6 Å². The number of halogens is 2. The van der Waals surface area contributed by atoms with Crippen LogP contribution in [0.3, 0.4) is 0 Å². The highest BCUT2D eigenvalue weighted by atomic mass is 19.2. The van der Waals surface area contributed by atoms with E-state index in [4.69, 9.17) is 10.5 Å². The van der Waals surface area contributed by atoms with Gasteiger partial charge in [0.05, 0.1) is 0 Å². The number of benzene rings is 2. The zero-order valence-electron chi connectivity index (χ0n) is 14.8. The third kappa shape index (κ3) is 3.85. The van der Waals surface area contributed by atoms with Crippen molar-refractivity contribution in [3.05, 3.63) is 59.7 Å². The van der Waals surface area contributed by atoms with E-state index in [1.165, 1.54) is 6.07 Å². The second-order valence-corrected chi connectivity index (χ2v) is 7.31. The van der Waals surface area contributed by atoms with Crippen molar-refractivity contribution in [3.63, 3.8) is 0 Å². The number of nitrogens with two attached hydrogens (primary N) is 1. The van der Waals surface area contributed by atoms with Crippen LogP contribution in [0.2, 0.25) is 0 Å². The van der Waals surface area contributed by atoms with Crippen LogP contribution in [0.4, 0.5) is 8.78 Å². The van der Waals surface area contributed by atoms with Crippen LogP contribution in [-0.4, -0.2) is 29.9 Å². The molecule has 0 aromatic heterocycles. The quantitative estimate of drug-likeness (QED) is 0.901. The molecule has 1 heterocycles. The molecular weight excluding hydrogens is 338 g/mol. The third-order valence-electron chi connectivity index (χ3n) is 4.83. The Labute approximate surface area is 151 Å². The first kappa shape index (κ1) is 18.3. The number of likely N-dealkylation sites (tertiary alicyclic amines) is 1. The minimum atomic E-state index is -0.972. The van der Waals surface area contributed by atoms with Crippen molar-refractivity contribution in [1.29, 1.82) is 0 Å². The van der Waals surface area contributed by atoms with Gasteiger partial charge in [-0.05, 0) is 48.2 Å². The van der Waals surface area contributed by atoms with Gasteiger partial charge in [-0.3, -0.25) is 4.79 Å². The monoisotopic (exact) mass is 360 g/mol. The van der Waals surface area contributed by atoms with Crippen LogP contribution in [0.25, 0.3) is 0 Å². The van der Waals surface area contributed by atoms with Crippen LogP contribution in [-0.2, 0) is 0 Å². The molecule has 6 heteroatoms. The Bertz CT molecular complexity index is 806. The third-order valence-corrected chi connectivity index (χ3v) is 4.83. The molecule has 26 heavy (non-hydrogen) atoms. The van der Waals surface area contributed by atoms with E-state index in [1.54, 1.807) is 24.3 Å². The van der Waals surface area contributed by atoms with E-state index in [-0.39, 0.29) is 23.1 Å². The zero-order chi connectivity index (χ0) is 18.9. The van der Waals surface area contributed by atoms with Crippen LogP contribution in [0.1, 0.15) is 30.6 Å². The highest BCUT2D eigenvalue weighted by Gasteiger charge is 2.35. The molecule has 3 rings (SSSR count). The van der Waals surface area contributed by atoms with E-state index in [1.807, 2.05) is 4.90 Å². The van der Waals surface area contributed by atoms with Crippen molar-refractivity contribution >= 4 is 5.91 Å². The highest BCUT2D eigenvalue weighted by molar-refractivity contribution is 5.94. The molecule has 1 atom stereocenters. The summed E-state index contributed by atoms with van der Waals surface area (Å²) in [5, 5.41) is 0. The molecule has 0 saturated carbocycles. The fourth-order valence-corrected chi connectivity index (χ4v) is 3.07. The minimum absolute atomic E-state index is 0.0515. The molecule has 2 aromatic rings. The predicted octanol–water partition coefficient (Wildman–Crippen LogP) is 3.96. The van der Waals surface area contributed by atoms with E-state index in [2.05, 4.69) is 13.8 Å². The van der Waals surface area contributed by atoms with Gasteiger partial charge in [0.15, 0.2) is 11.6 Å². The van der Waals surface area contributed by atoms with Gasteiger partial charge in [0.1, 0.15) is 11.5 Å². The van der Waals surface area contributed by atoms with E-state index in [0.29, 0.717) is 24.4 Å². The molecule has 1 amide bonds. The summed E-state index contributed by atoms with van der Waals surface area (Å²) >= 11 is 0. The largest absolute Gasteiger partial charge is 0.457 e. The lowest BCUT2D eigenvalue weighted by Crippen LogP contribution is -2.53. The molecule has 0 spiro atoms. The van der Waals surface area contributed by atoms with Gasteiger partial charge in [-0.25, -0.2) is 8.78 Å². The fraction of sp³-hybridized carbons (Fsp3) is 0.350. The van der Waals surface area contributed by atoms with Crippen molar-refractivity contribution in [2.75, 3.05) is 13.1 Å². The molecule has 1 aliphatic rings. The summed E-state index contributed by atoms with van der Waals surface area (Å²) < 4.78 is 31.7. The highest BCUT2D eigenvalue weighted by Crippen LogP contribution is 2.29. The normalized spacial score (nSPS) is 19.3. The number of ether oxygens (including phenoxy) is 1. The molecule has 4 nitrogen and oxygen atoms in total. The molecule has 0 radical (unpaired) electrons. The van der Waals surface area contributed by atoms with Gasteiger partial charge >= 0.3 is 0 Å². The Morgan fingerprint density at radius 2 is 1.77 bits per heavy atom. The summed E-state index contributed by atoms with van der Waals surface area (Å²) in [6.07, 6.45) is 0.774. The molecule has 138 valence electrons. The summed E-state index contributed by atoms with van der Waals surface area (Å²) in [6, 6.07) is 10.0.